The number of rotatable bonds is 4. The molecule has 0 saturated heterocycles. The third-order valence-corrected chi connectivity index (χ3v) is 1.89. The first kappa shape index (κ1) is 11.6. The summed E-state index contributed by atoms with van der Waals surface area (Å²) < 4.78 is 12.7. The van der Waals surface area contributed by atoms with E-state index in [0.717, 1.165) is 12.3 Å². The first-order valence-corrected chi connectivity index (χ1v) is 4.63. The van der Waals surface area contributed by atoms with Crippen molar-refractivity contribution in [2.75, 3.05) is 13.2 Å². The molecular formula is C10H13FN2O2. The van der Waals surface area contributed by atoms with Gasteiger partial charge in [0.2, 0.25) is 0 Å². The number of aromatic nitrogens is 1. The van der Waals surface area contributed by atoms with E-state index >= 15 is 0 Å². The number of amides is 1. The van der Waals surface area contributed by atoms with Crippen LogP contribution >= 0.6 is 0 Å². The molecule has 1 amide bonds. The van der Waals surface area contributed by atoms with Crippen molar-refractivity contribution in [3.05, 3.63) is 29.8 Å². The van der Waals surface area contributed by atoms with Crippen LogP contribution in [0.4, 0.5) is 4.39 Å². The molecule has 15 heavy (non-hydrogen) atoms. The fourth-order valence-electron chi connectivity index (χ4n) is 0.970. The second kappa shape index (κ2) is 5.41. The summed E-state index contributed by atoms with van der Waals surface area (Å²) >= 11 is 0. The van der Waals surface area contributed by atoms with Gasteiger partial charge in [0.05, 0.1) is 11.8 Å². The molecule has 0 aliphatic heterocycles. The van der Waals surface area contributed by atoms with Crippen molar-refractivity contribution in [3.8, 4) is 0 Å². The van der Waals surface area contributed by atoms with Gasteiger partial charge in [-0.1, -0.05) is 6.92 Å². The SMILES string of the molecule is CC(CO)CNC(=O)c1cncc(F)c1. The van der Waals surface area contributed by atoms with Gasteiger partial charge in [0, 0.05) is 19.3 Å². The highest BCUT2D eigenvalue weighted by atomic mass is 19.1. The number of carbonyl (C=O) groups is 1. The Morgan fingerprint density at radius 2 is 2.40 bits per heavy atom. The molecule has 0 radical (unpaired) electrons. The average molecular weight is 212 g/mol. The van der Waals surface area contributed by atoms with Gasteiger partial charge in [-0.2, -0.15) is 0 Å². The van der Waals surface area contributed by atoms with Gasteiger partial charge in [0.25, 0.3) is 5.91 Å². The van der Waals surface area contributed by atoms with Crippen LogP contribution in [-0.4, -0.2) is 29.1 Å². The molecule has 0 spiro atoms. The maximum Gasteiger partial charge on any atom is 0.252 e. The molecule has 2 N–H and O–H groups in total. The number of hydrogen-bond acceptors (Lipinski definition) is 3. The Morgan fingerprint density at radius 1 is 1.67 bits per heavy atom. The molecule has 1 aromatic heterocycles. The number of nitrogens with zero attached hydrogens (tertiary/aromatic N) is 1. The Kier molecular flexibility index (Phi) is 4.17. The van der Waals surface area contributed by atoms with E-state index < -0.39 is 5.82 Å². The second-order valence-electron chi connectivity index (χ2n) is 3.39. The lowest BCUT2D eigenvalue weighted by molar-refractivity contribution is 0.0941. The highest BCUT2D eigenvalue weighted by Gasteiger charge is 2.08. The Bertz CT molecular complexity index is 344. The molecule has 0 aliphatic carbocycles. The van der Waals surface area contributed by atoms with Gasteiger partial charge in [-0.15, -0.1) is 0 Å². The van der Waals surface area contributed by atoms with Gasteiger partial charge in [-0.3, -0.25) is 9.78 Å². The Hall–Kier alpha value is -1.49. The number of aliphatic hydroxyl groups is 1. The number of hydrogen-bond donors (Lipinski definition) is 2. The summed E-state index contributed by atoms with van der Waals surface area (Å²) in [6.45, 7) is 2.15. The number of aliphatic hydroxyl groups excluding tert-OH is 1. The predicted octanol–water partition coefficient (Wildman–Crippen LogP) is 0.579. The summed E-state index contributed by atoms with van der Waals surface area (Å²) in [6.07, 6.45) is 2.33. The Balaban J connectivity index is 2.54. The van der Waals surface area contributed by atoms with Gasteiger partial charge in [-0.25, -0.2) is 4.39 Å². The molecule has 1 heterocycles. The maximum absolute atomic E-state index is 12.7. The lowest BCUT2D eigenvalue weighted by Gasteiger charge is -2.09. The third-order valence-electron chi connectivity index (χ3n) is 1.89. The molecule has 0 aliphatic rings. The van der Waals surface area contributed by atoms with Crippen LogP contribution in [0.5, 0.6) is 0 Å². The molecular weight excluding hydrogens is 199 g/mol. The van der Waals surface area contributed by atoms with E-state index in [0.29, 0.717) is 6.54 Å². The summed E-state index contributed by atoms with van der Waals surface area (Å²) in [7, 11) is 0. The fourth-order valence-corrected chi connectivity index (χ4v) is 0.970. The molecule has 0 fully saturated rings. The zero-order chi connectivity index (χ0) is 11.3. The highest BCUT2D eigenvalue weighted by molar-refractivity contribution is 5.93. The first-order valence-electron chi connectivity index (χ1n) is 4.63. The van der Waals surface area contributed by atoms with E-state index in [1.165, 1.54) is 6.20 Å². The summed E-state index contributed by atoms with van der Waals surface area (Å²) in [5.41, 5.74) is 0.181. The molecule has 82 valence electrons. The van der Waals surface area contributed by atoms with Crippen LogP contribution in [0.1, 0.15) is 17.3 Å². The number of pyridine rings is 1. The van der Waals surface area contributed by atoms with Crippen molar-refractivity contribution in [2.45, 2.75) is 6.92 Å². The van der Waals surface area contributed by atoms with Crippen LogP contribution in [-0.2, 0) is 0 Å². The minimum atomic E-state index is -0.544. The molecule has 1 rings (SSSR count). The molecule has 1 aromatic rings. The summed E-state index contributed by atoms with van der Waals surface area (Å²) in [6, 6.07) is 1.12. The van der Waals surface area contributed by atoms with E-state index in [1.807, 2.05) is 0 Å². The lowest BCUT2D eigenvalue weighted by Crippen LogP contribution is -2.29. The van der Waals surface area contributed by atoms with Gasteiger partial charge in [-0.05, 0) is 12.0 Å². The molecule has 1 unspecified atom stereocenters. The number of nitrogens with one attached hydrogen (secondary N) is 1. The quantitative estimate of drug-likeness (QED) is 0.767. The van der Waals surface area contributed by atoms with Crippen LogP contribution in [0.2, 0.25) is 0 Å². The normalized spacial score (nSPS) is 12.2. The minimum Gasteiger partial charge on any atom is -0.396 e. The van der Waals surface area contributed by atoms with Gasteiger partial charge < -0.3 is 10.4 Å². The zero-order valence-corrected chi connectivity index (χ0v) is 8.40. The Morgan fingerprint density at radius 3 is 3.00 bits per heavy atom. The smallest absolute Gasteiger partial charge is 0.252 e. The van der Waals surface area contributed by atoms with E-state index in [9.17, 15) is 9.18 Å². The monoisotopic (exact) mass is 212 g/mol. The number of halogens is 1. The van der Waals surface area contributed by atoms with Crippen molar-refractivity contribution < 1.29 is 14.3 Å². The van der Waals surface area contributed by atoms with E-state index in [-0.39, 0.29) is 24.0 Å². The predicted molar refractivity (Wildman–Crippen MR) is 52.8 cm³/mol. The summed E-state index contributed by atoms with van der Waals surface area (Å²) in [4.78, 5) is 15.0. The van der Waals surface area contributed by atoms with Crippen LogP contribution in [0.15, 0.2) is 18.5 Å². The van der Waals surface area contributed by atoms with Crippen LogP contribution < -0.4 is 5.32 Å². The summed E-state index contributed by atoms with van der Waals surface area (Å²) in [5, 5.41) is 11.3. The minimum absolute atomic E-state index is 0.00167. The molecule has 1 atom stereocenters. The van der Waals surface area contributed by atoms with Crippen molar-refractivity contribution in [3.63, 3.8) is 0 Å². The highest BCUT2D eigenvalue weighted by Crippen LogP contribution is 2.00. The maximum atomic E-state index is 12.7. The molecule has 0 aromatic carbocycles. The molecule has 4 nitrogen and oxygen atoms in total. The van der Waals surface area contributed by atoms with E-state index in [1.54, 1.807) is 6.92 Å². The Labute approximate surface area is 87.1 Å². The molecule has 0 saturated carbocycles. The topological polar surface area (TPSA) is 62.2 Å². The standard InChI is InChI=1S/C10H13FN2O2/c1-7(6-14)3-13-10(15)8-2-9(11)5-12-4-8/h2,4-5,7,14H,3,6H2,1H3,(H,13,15). The zero-order valence-electron chi connectivity index (χ0n) is 8.40. The summed E-state index contributed by atoms with van der Waals surface area (Å²) in [5.74, 6) is -0.948. The van der Waals surface area contributed by atoms with Crippen molar-refractivity contribution in [1.82, 2.24) is 10.3 Å². The van der Waals surface area contributed by atoms with Gasteiger partial charge >= 0.3 is 0 Å². The van der Waals surface area contributed by atoms with Crippen molar-refractivity contribution in [1.29, 1.82) is 0 Å². The van der Waals surface area contributed by atoms with Crippen LogP contribution in [0.3, 0.4) is 0 Å². The third kappa shape index (κ3) is 3.63. The average Bonchev–Trinajstić information content (AvgIpc) is 2.25. The van der Waals surface area contributed by atoms with Crippen molar-refractivity contribution >= 4 is 5.91 Å². The van der Waals surface area contributed by atoms with Crippen LogP contribution in [0, 0.1) is 11.7 Å². The van der Waals surface area contributed by atoms with Crippen LogP contribution in [0.25, 0.3) is 0 Å². The molecule has 5 heteroatoms. The second-order valence-corrected chi connectivity index (χ2v) is 3.39. The van der Waals surface area contributed by atoms with E-state index in [2.05, 4.69) is 10.3 Å². The van der Waals surface area contributed by atoms with E-state index in [4.69, 9.17) is 5.11 Å². The van der Waals surface area contributed by atoms with Crippen molar-refractivity contribution in [2.24, 2.45) is 5.92 Å². The fraction of sp³-hybridized carbons (Fsp3) is 0.400. The molecule has 0 bridgehead atoms. The largest absolute Gasteiger partial charge is 0.396 e. The number of carbonyl (C=O) groups excluding carboxylic acids is 1. The van der Waals surface area contributed by atoms with Gasteiger partial charge in [0.1, 0.15) is 5.82 Å². The first-order chi connectivity index (χ1) is 7.13. The van der Waals surface area contributed by atoms with Gasteiger partial charge in [0.15, 0.2) is 0 Å². The lowest BCUT2D eigenvalue weighted by atomic mass is 10.2.